The van der Waals surface area contributed by atoms with Crippen LogP contribution >= 0.6 is 0 Å². The molecular weight excluding hydrogens is 323 g/mol. The van der Waals surface area contributed by atoms with Gasteiger partial charge in [0.2, 0.25) is 5.91 Å². The smallest absolute Gasteiger partial charge is 0.373 e. The van der Waals surface area contributed by atoms with Crippen LogP contribution in [0.2, 0.25) is 0 Å². The molecule has 8 heteroatoms. The third-order valence-corrected chi connectivity index (χ3v) is 3.92. The number of benzene rings is 1. The average molecular weight is 339 g/mol. The number of rotatable bonds is 3. The highest BCUT2D eigenvalue weighted by Crippen LogP contribution is 2.34. The molecular formula is C16H16F3N3O2. The van der Waals surface area contributed by atoms with E-state index in [0.717, 1.165) is 18.1 Å². The minimum absolute atomic E-state index is 0.148. The van der Waals surface area contributed by atoms with E-state index in [4.69, 9.17) is 4.74 Å². The molecule has 2 N–H and O–H groups in total. The van der Waals surface area contributed by atoms with Crippen LogP contribution in [0.5, 0.6) is 0 Å². The largest absolute Gasteiger partial charge is 0.432 e. The van der Waals surface area contributed by atoms with Gasteiger partial charge in [-0.25, -0.2) is 0 Å². The molecule has 5 nitrogen and oxygen atoms in total. The van der Waals surface area contributed by atoms with Gasteiger partial charge >= 0.3 is 6.18 Å². The molecule has 1 fully saturated rings. The number of halogens is 3. The lowest BCUT2D eigenvalue weighted by Gasteiger charge is -2.30. The van der Waals surface area contributed by atoms with E-state index < -0.39 is 29.8 Å². The zero-order valence-corrected chi connectivity index (χ0v) is 12.6. The van der Waals surface area contributed by atoms with Crippen LogP contribution in [0.4, 0.5) is 19.0 Å². The number of anilines is 1. The molecule has 0 radical (unpaired) electrons. The van der Waals surface area contributed by atoms with Gasteiger partial charge in [0.1, 0.15) is 5.69 Å². The molecule has 0 aliphatic carbocycles. The number of aromatic amines is 1. The Balaban J connectivity index is 1.74. The quantitative estimate of drug-likeness (QED) is 0.899. The van der Waals surface area contributed by atoms with E-state index in [1.54, 1.807) is 0 Å². The van der Waals surface area contributed by atoms with E-state index in [9.17, 15) is 18.0 Å². The number of hydrogen-bond donors (Lipinski definition) is 2. The van der Waals surface area contributed by atoms with Gasteiger partial charge in [-0.05, 0) is 18.4 Å². The minimum atomic E-state index is -4.53. The van der Waals surface area contributed by atoms with E-state index in [1.165, 1.54) is 0 Å². The van der Waals surface area contributed by atoms with E-state index in [0.29, 0.717) is 13.0 Å². The van der Waals surface area contributed by atoms with Crippen LogP contribution in [-0.2, 0) is 15.7 Å². The van der Waals surface area contributed by atoms with Gasteiger partial charge < -0.3 is 10.1 Å². The van der Waals surface area contributed by atoms with Crippen molar-refractivity contribution in [3.8, 4) is 0 Å². The van der Waals surface area contributed by atoms with E-state index in [2.05, 4.69) is 10.4 Å². The second-order valence-electron chi connectivity index (χ2n) is 5.60. The molecule has 0 spiro atoms. The lowest BCUT2D eigenvalue weighted by molar-refractivity contribution is -0.141. The molecule has 128 valence electrons. The van der Waals surface area contributed by atoms with Crippen molar-refractivity contribution in [3.05, 3.63) is 47.7 Å². The van der Waals surface area contributed by atoms with Gasteiger partial charge in [-0.1, -0.05) is 30.3 Å². The summed E-state index contributed by atoms with van der Waals surface area (Å²) in [6, 6.07) is 10.1. The van der Waals surface area contributed by atoms with Crippen molar-refractivity contribution in [2.45, 2.75) is 25.1 Å². The number of carbonyl (C=O) groups is 1. The minimum Gasteiger partial charge on any atom is -0.373 e. The number of H-pyrrole nitrogens is 1. The van der Waals surface area contributed by atoms with Crippen molar-refractivity contribution in [1.29, 1.82) is 0 Å². The fourth-order valence-corrected chi connectivity index (χ4v) is 2.77. The number of amides is 1. The molecule has 3 rings (SSSR count). The van der Waals surface area contributed by atoms with Crippen LogP contribution in [0.3, 0.4) is 0 Å². The van der Waals surface area contributed by atoms with Crippen LogP contribution in [0.15, 0.2) is 36.4 Å². The molecule has 1 aliphatic rings. The van der Waals surface area contributed by atoms with Gasteiger partial charge in [0.25, 0.3) is 0 Å². The third kappa shape index (κ3) is 3.59. The molecule has 1 aliphatic heterocycles. The van der Waals surface area contributed by atoms with Gasteiger partial charge in [-0.2, -0.15) is 18.3 Å². The SMILES string of the molecule is O=C(Nc1cc(C(F)(F)F)[nH]n1)[C@@H]1CCCO[C@H]1c1ccccc1. The molecule has 1 aromatic heterocycles. The predicted molar refractivity (Wildman–Crippen MR) is 80.1 cm³/mol. The van der Waals surface area contributed by atoms with Crippen molar-refractivity contribution in [2.75, 3.05) is 11.9 Å². The van der Waals surface area contributed by atoms with Crippen LogP contribution in [0.25, 0.3) is 0 Å². The highest BCUT2D eigenvalue weighted by Gasteiger charge is 2.35. The molecule has 0 bridgehead atoms. The third-order valence-electron chi connectivity index (χ3n) is 3.92. The Kier molecular flexibility index (Phi) is 4.57. The summed E-state index contributed by atoms with van der Waals surface area (Å²) >= 11 is 0. The van der Waals surface area contributed by atoms with Crippen molar-refractivity contribution in [1.82, 2.24) is 10.2 Å². The average Bonchev–Trinajstić information content (AvgIpc) is 3.04. The molecule has 1 amide bonds. The Morgan fingerprint density at radius 2 is 2.04 bits per heavy atom. The van der Waals surface area contributed by atoms with Crippen molar-refractivity contribution >= 4 is 11.7 Å². The summed E-state index contributed by atoms with van der Waals surface area (Å²) < 4.78 is 43.4. The predicted octanol–water partition coefficient (Wildman–Crippen LogP) is 3.53. The Morgan fingerprint density at radius 1 is 1.29 bits per heavy atom. The van der Waals surface area contributed by atoms with E-state index in [-0.39, 0.29) is 5.82 Å². The zero-order chi connectivity index (χ0) is 17.2. The van der Waals surface area contributed by atoms with Crippen LogP contribution in [-0.4, -0.2) is 22.7 Å². The second-order valence-corrected chi connectivity index (χ2v) is 5.60. The first-order valence-corrected chi connectivity index (χ1v) is 7.55. The summed E-state index contributed by atoms with van der Waals surface area (Å²) in [6.45, 7) is 0.546. The normalized spacial score (nSPS) is 21.5. The van der Waals surface area contributed by atoms with Gasteiger partial charge in [0.15, 0.2) is 5.82 Å². The molecule has 24 heavy (non-hydrogen) atoms. The first kappa shape index (κ1) is 16.5. The summed E-state index contributed by atoms with van der Waals surface area (Å²) in [5, 5.41) is 7.82. The summed E-state index contributed by atoms with van der Waals surface area (Å²) in [5.74, 6) is -1.03. The van der Waals surface area contributed by atoms with Crippen molar-refractivity contribution in [2.24, 2.45) is 5.92 Å². The van der Waals surface area contributed by atoms with Crippen LogP contribution in [0, 0.1) is 5.92 Å². The maximum atomic E-state index is 12.6. The van der Waals surface area contributed by atoms with E-state index in [1.807, 2.05) is 35.4 Å². The molecule has 2 heterocycles. The summed E-state index contributed by atoms with van der Waals surface area (Å²) in [7, 11) is 0. The molecule has 1 aromatic carbocycles. The summed E-state index contributed by atoms with van der Waals surface area (Å²) in [6.07, 6.45) is -3.63. The molecule has 0 saturated carbocycles. The number of aromatic nitrogens is 2. The maximum Gasteiger partial charge on any atom is 0.432 e. The Bertz CT molecular complexity index is 700. The monoisotopic (exact) mass is 339 g/mol. The fraction of sp³-hybridized carbons (Fsp3) is 0.375. The number of hydrogen-bond acceptors (Lipinski definition) is 3. The summed E-state index contributed by atoms with van der Waals surface area (Å²) in [4.78, 5) is 12.5. The van der Waals surface area contributed by atoms with Gasteiger partial charge in [0.05, 0.1) is 12.0 Å². The Morgan fingerprint density at radius 3 is 2.71 bits per heavy atom. The standard InChI is InChI=1S/C16H16F3N3O2/c17-16(18,19)12-9-13(22-21-12)20-15(23)11-7-4-8-24-14(11)10-5-2-1-3-6-10/h1-3,5-6,9,11,14H,4,7-8H2,(H2,20,21,22,23)/t11-,14+/m1/s1. The maximum absolute atomic E-state index is 12.6. The van der Waals surface area contributed by atoms with Gasteiger partial charge in [0, 0.05) is 12.7 Å². The number of carbonyl (C=O) groups excluding carboxylic acids is 1. The highest BCUT2D eigenvalue weighted by atomic mass is 19.4. The lowest BCUT2D eigenvalue weighted by Crippen LogP contribution is -2.33. The zero-order valence-electron chi connectivity index (χ0n) is 12.6. The van der Waals surface area contributed by atoms with Gasteiger partial charge in [-0.3, -0.25) is 9.89 Å². The van der Waals surface area contributed by atoms with Crippen molar-refractivity contribution < 1.29 is 22.7 Å². The number of alkyl halides is 3. The molecule has 1 saturated heterocycles. The number of ether oxygens (including phenoxy) is 1. The van der Waals surface area contributed by atoms with Crippen molar-refractivity contribution in [3.63, 3.8) is 0 Å². The number of nitrogens with zero attached hydrogens (tertiary/aromatic N) is 1. The van der Waals surface area contributed by atoms with Gasteiger partial charge in [-0.15, -0.1) is 0 Å². The first-order chi connectivity index (χ1) is 11.4. The van der Waals surface area contributed by atoms with Crippen LogP contribution < -0.4 is 5.32 Å². The molecule has 2 atom stereocenters. The molecule has 2 aromatic rings. The second kappa shape index (κ2) is 6.64. The molecule has 0 unspecified atom stereocenters. The Hall–Kier alpha value is -2.35. The number of nitrogens with one attached hydrogen (secondary N) is 2. The summed E-state index contributed by atoms with van der Waals surface area (Å²) in [5.41, 5.74) is -0.132. The topological polar surface area (TPSA) is 67.0 Å². The lowest BCUT2D eigenvalue weighted by atomic mass is 9.89. The fourth-order valence-electron chi connectivity index (χ4n) is 2.77. The first-order valence-electron chi connectivity index (χ1n) is 7.55. The highest BCUT2D eigenvalue weighted by molar-refractivity contribution is 5.92. The van der Waals surface area contributed by atoms with Crippen LogP contribution in [0.1, 0.15) is 30.2 Å². The Labute approximate surface area is 136 Å². The van der Waals surface area contributed by atoms with E-state index >= 15 is 0 Å².